The van der Waals surface area contributed by atoms with Gasteiger partial charge in [-0.05, 0) is 33.7 Å². The van der Waals surface area contributed by atoms with Crippen LogP contribution in [0.3, 0.4) is 0 Å². The molecule has 1 aliphatic heterocycles. The Hall–Kier alpha value is -0.710. The van der Waals surface area contributed by atoms with Crippen molar-refractivity contribution in [3.8, 4) is 0 Å². The number of alkyl halides is 2. The number of rotatable bonds is 2. The lowest BCUT2D eigenvalue weighted by molar-refractivity contribution is -0.172. The number of likely N-dealkylation sites (tertiary alicyclic amines) is 1. The molecule has 0 bridgehead atoms. The first kappa shape index (κ1) is 12.4. The minimum Gasteiger partial charge on any atom is -0.477 e. The summed E-state index contributed by atoms with van der Waals surface area (Å²) in [5.74, 6) is -6.67. The van der Waals surface area contributed by atoms with Crippen LogP contribution in [0, 0.1) is 5.92 Å². The van der Waals surface area contributed by atoms with E-state index in [-0.39, 0.29) is 18.5 Å². The van der Waals surface area contributed by atoms with Crippen molar-refractivity contribution in [1.82, 2.24) is 4.90 Å². The number of carboxylic acid groups (broad SMARTS) is 1. The molecular formula is C10H17F2NO2. The molecule has 1 fully saturated rings. The quantitative estimate of drug-likeness (QED) is 0.773. The molecule has 15 heavy (non-hydrogen) atoms. The zero-order valence-corrected chi connectivity index (χ0v) is 9.26. The number of nitrogens with zero attached hydrogens (tertiary/aromatic N) is 1. The van der Waals surface area contributed by atoms with Crippen molar-refractivity contribution in [1.29, 1.82) is 0 Å². The van der Waals surface area contributed by atoms with E-state index in [9.17, 15) is 13.6 Å². The van der Waals surface area contributed by atoms with Crippen LogP contribution in [0.15, 0.2) is 0 Å². The molecular weight excluding hydrogens is 204 g/mol. The van der Waals surface area contributed by atoms with Crippen LogP contribution in [0.2, 0.25) is 0 Å². The molecule has 1 heterocycles. The van der Waals surface area contributed by atoms with Crippen LogP contribution in [0.4, 0.5) is 8.78 Å². The van der Waals surface area contributed by atoms with Gasteiger partial charge in [-0.3, -0.25) is 4.90 Å². The highest BCUT2D eigenvalue weighted by Gasteiger charge is 2.50. The maximum absolute atomic E-state index is 13.2. The van der Waals surface area contributed by atoms with Gasteiger partial charge in [0.2, 0.25) is 0 Å². The summed E-state index contributed by atoms with van der Waals surface area (Å²) in [5, 5.41) is 8.42. The Morgan fingerprint density at radius 2 is 1.93 bits per heavy atom. The molecule has 0 spiro atoms. The largest absolute Gasteiger partial charge is 0.477 e. The summed E-state index contributed by atoms with van der Waals surface area (Å²) in [5.41, 5.74) is -0.177. The van der Waals surface area contributed by atoms with Gasteiger partial charge < -0.3 is 5.11 Å². The lowest BCUT2D eigenvalue weighted by atomic mass is 10.0. The fourth-order valence-corrected chi connectivity index (χ4v) is 1.84. The third kappa shape index (κ3) is 2.45. The van der Waals surface area contributed by atoms with Crippen LogP contribution in [0.5, 0.6) is 0 Å². The van der Waals surface area contributed by atoms with Gasteiger partial charge in [0.05, 0.1) is 0 Å². The molecule has 1 aliphatic rings. The van der Waals surface area contributed by atoms with Crippen LogP contribution in [0.1, 0.15) is 27.2 Å². The first-order valence-electron chi connectivity index (χ1n) is 5.02. The summed E-state index contributed by atoms with van der Waals surface area (Å²) in [6.07, 6.45) is 0.247. The predicted molar refractivity (Wildman–Crippen MR) is 52.0 cm³/mol. The molecule has 88 valence electrons. The molecule has 5 heteroatoms. The maximum Gasteiger partial charge on any atom is 0.374 e. The van der Waals surface area contributed by atoms with Crippen LogP contribution in [0.25, 0.3) is 0 Å². The highest BCUT2D eigenvalue weighted by Crippen LogP contribution is 2.35. The fourth-order valence-electron chi connectivity index (χ4n) is 1.84. The molecule has 1 N–H and O–H groups in total. The second kappa shape index (κ2) is 3.70. The van der Waals surface area contributed by atoms with Gasteiger partial charge in [-0.25, -0.2) is 4.79 Å². The lowest BCUT2D eigenvalue weighted by Gasteiger charge is -2.32. The smallest absolute Gasteiger partial charge is 0.374 e. The predicted octanol–water partition coefficient (Wildman–Crippen LogP) is 1.83. The van der Waals surface area contributed by atoms with E-state index in [2.05, 4.69) is 0 Å². The molecule has 1 rings (SSSR count). The maximum atomic E-state index is 13.2. The van der Waals surface area contributed by atoms with Crippen molar-refractivity contribution in [2.75, 3.05) is 13.1 Å². The SMILES string of the molecule is CC(C)(C)N1CCC(C(F)(F)C(=O)O)C1. The lowest BCUT2D eigenvalue weighted by Crippen LogP contribution is -2.43. The van der Waals surface area contributed by atoms with Crippen LogP contribution < -0.4 is 0 Å². The van der Waals surface area contributed by atoms with E-state index in [1.54, 1.807) is 0 Å². The van der Waals surface area contributed by atoms with Crippen molar-refractivity contribution in [2.45, 2.75) is 38.7 Å². The summed E-state index contributed by atoms with van der Waals surface area (Å²) in [6.45, 7) is 6.51. The van der Waals surface area contributed by atoms with E-state index in [0.717, 1.165) is 0 Å². The molecule has 0 radical (unpaired) electrons. The van der Waals surface area contributed by atoms with Gasteiger partial charge in [0.15, 0.2) is 0 Å². The van der Waals surface area contributed by atoms with Crippen molar-refractivity contribution in [2.24, 2.45) is 5.92 Å². The second-order valence-corrected chi connectivity index (χ2v) is 5.03. The summed E-state index contributed by atoms with van der Waals surface area (Å²) in [6, 6.07) is 0. The highest BCUT2D eigenvalue weighted by molar-refractivity contribution is 5.75. The summed E-state index contributed by atoms with van der Waals surface area (Å²) < 4.78 is 26.4. The van der Waals surface area contributed by atoms with E-state index in [4.69, 9.17) is 5.11 Å². The number of carboxylic acids is 1. The van der Waals surface area contributed by atoms with Gasteiger partial charge in [0.25, 0.3) is 0 Å². The Morgan fingerprint density at radius 1 is 1.40 bits per heavy atom. The second-order valence-electron chi connectivity index (χ2n) is 5.03. The van der Waals surface area contributed by atoms with Gasteiger partial charge >= 0.3 is 11.9 Å². The van der Waals surface area contributed by atoms with E-state index in [0.29, 0.717) is 6.54 Å². The van der Waals surface area contributed by atoms with E-state index in [1.807, 2.05) is 25.7 Å². The van der Waals surface area contributed by atoms with Gasteiger partial charge in [-0.15, -0.1) is 0 Å². The summed E-state index contributed by atoms with van der Waals surface area (Å²) in [4.78, 5) is 12.3. The van der Waals surface area contributed by atoms with Crippen LogP contribution >= 0.6 is 0 Å². The zero-order chi connectivity index (χ0) is 11.9. The van der Waals surface area contributed by atoms with Gasteiger partial charge in [0.1, 0.15) is 0 Å². The van der Waals surface area contributed by atoms with Crippen LogP contribution in [-0.2, 0) is 4.79 Å². The molecule has 1 unspecified atom stereocenters. The first-order chi connectivity index (χ1) is 6.65. The molecule has 1 saturated heterocycles. The molecule has 0 aromatic carbocycles. The molecule has 0 aromatic heterocycles. The average molecular weight is 221 g/mol. The van der Waals surface area contributed by atoms with Gasteiger partial charge in [0, 0.05) is 18.0 Å². The van der Waals surface area contributed by atoms with Crippen molar-refractivity contribution >= 4 is 5.97 Å². The molecule has 1 atom stereocenters. The molecule has 0 aromatic rings. The highest BCUT2D eigenvalue weighted by atomic mass is 19.3. The zero-order valence-electron chi connectivity index (χ0n) is 9.26. The molecule has 0 aliphatic carbocycles. The van der Waals surface area contributed by atoms with E-state index < -0.39 is 17.8 Å². The standard InChI is InChI=1S/C10H17F2NO2/c1-9(2,3)13-5-4-7(6-13)10(11,12)8(14)15/h7H,4-6H2,1-3H3,(H,14,15). The average Bonchev–Trinajstić information content (AvgIpc) is 2.50. The number of carbonyl (C=O) groups is 1. The summed E-state index contributed by atoms with van der Waals surface area (Å²) >= 11 is 0. The van der Waals surface area contributed by atoms with E-state index in [1.165, 1.54) is 0 Å². The monoisotopic (exact) mass is 221 g/mol. The Labute approximate surface area is 88.1 Å². The minimum atomic E-state index is -3.60. The Balaban J connectivity index is 2.68. The Morgan fingerprint density at radius 3 is 2.27 bits per heavy atom. The molecule has 3 nitrogen and oxygen atoms in total. The molecule has 0 amide bonds. The number of halogens is 2. The Kier molecular flexibility index (Phi) is 3.05. The van der Waals surface area contributed by atoms with Crippen molar-refractivity contribution in [3.05, 3.63) is 0 Å². The topological polar surface area (TPSA) is 40.5 Å². The normalized spacial score (nSPS) is 24.5. The summed E-state index contributed by atoms with van der Waals surface area (Å²) in [7, 11) is 0. The fraction of sp³-hybridized carbons (Fsp3) is 0.900. The number of hydrogen-bond donors (Lipinski definition) is 1. The number of hydrogen-bond acceptors (Lipinski definition) is 2. The van der Waals surface area contributed by atoms with Crippen molar-refractivity contribution < 1.29 is 18.7 Å². The van der Waals surface area contributed by atoms with Crippen molar-refractivity contribution in [3.63, 3.8) is 0 Å². The third-order valence-electron chi connectivity index (χ3n) is 2.93. The van der Waals surface area contributed by atoms with E-state index >= 15 is 0 Å². The van der Waals surface area contributed by atoms with Gasteiger partial charge in [-0.2, -0.15) is 8.78 Å². The Bertz CT molecular complexity index is 261. The van der Waals surface area contributed by atoms with Gasteiger partial charge in [-0.1, -0.05) is 0 Å². The minimum absolute atomic E-state index is 0.156. The third-order valence-corrected chi connectivity index (χ3v) is 2.93. The van der Waals surface area contributed by atoms with Crippen LogP contribution in [-0.4, -0.2) is 40.5 Å². The molecule has 0 saturated carbocycles. The number of aliphatic carboxylic acids is 1. The first-order valence-corrected chi connectivity index (χ1v) is 5.02.